The van der Waals surface area contributed by atoms with Gasteiger partial charge in [-0.05, 0) is 55.0 Å². The zero-order valence-corrected chi connectivity index (χ0v) is 14.3. The average Bonchev–Trinajstić information content (AvgIpc) is 3.09. The minimum Gasteiger partial charge on any atom is -0.478 e. The van der Waals surface area contributed by atoms with E-state index in [0.29, 0.717) is 22.6 Å². The lowest BCUT2D eigenvalue weighted by Crippen LogP contribution is -2.12. The van der Waals surface area contributed by atoms with Crippen molar-refractivity contribution in [1.82, 2.24) is 0 Å². The number of rotatable bonds is 4. The second-order valence-electron chi connectivity index (χ2n) is 5.58. The van der Waals surface area contributed by atoms with Crippen LogP contribution in [0.3, 0.4) is 0 Å². The van der Waals surface area contributed by atoms with Gasteiger partial charge in [-0.25, -0.2) is 9.18 Å². The van der Waals surface area contributed by atoms with Gasteiger partial charge in [0.05, 0.1) is 10.6 Å². The van der Waals surface area contributed by atoms with Crippen molar-refractivity contribution in [3.05, 3.63) is 76.3 Å². The Hall–Kier alpha value is -3.12. The average molecular weight is 374 g/mol. The van der Waals surface area contributed by atoms with Crippen molar-refractivity contribution in [1.29, 1.82) is 0 Å². The van der Waals surface area contributed by atoms with Crippen LogP contribution in [0.15, 0.2) is 52.9 Å². The molecule has 132 valence electrons. The van der Waals surface area contributed by atoms with Crippen molar-refractivity contribution in [2.45, 2.75) is 6.92 Å². The van der Waals surface area contributed by atoms with E-state index in [1.165, 1.54) is 36.4 Å². The summed E-state index contributed by atoms with van der Waals surface area (Å²) in [5.74, 6) is -1.79. The van der Waals surface area contributed by atoms with Crippen LogP contribution in [0.5, 0.6) is 0 Å². The van der Waals surface area contributed by atoms with Crippen LogP contribution in [-0.4, -0.2) is 17.0 Å². The number of hydrogen-bond acceptors (Lipinski definition) is 3. The number of anilines is 1. The molecule has 0 fully saturated rings. The second kappa shape index (κ2) is 7.01. The molecule has 7 heteroatoms. The Balaban J connectivity index is 1.83. The van der Waals surface area contributed by atoms with E-state index in [1.807, 2.05) is 0 Å². The quantitative estimate of drug-likeness (QED) is 0.674. The molecule has 0 bridgehead atoms. The fourth-order valence-electron chi connectivity index (χ4n) is 2.34. The number of hydrogen-bond donors (Lipinski definition) is 2. The highest BCUT2D eigenvalue weighted by atomic mass is 35.5. The molecule has 0 saturated carbocycles. The van der Waals surface area contributed by atoms with E-state index >= 15 is 0 Å². The molecule has 0 atom stereocenters. The first-order valence-electron chi connectivity index (χ1n) is 7.55. The van der Waals surface area contributed by atoms with Crippen molar-refractivity contribution in [2.75, 3.05) is 5.32 Å². The summed E-state index contributed by atoms with van der Waals surface area (Å²) in [7, 11) is 0. The van der Waals surface area contributed by atoms with Gasteiger partial charge >= 0.3 is 5.97 Å². The number of nitrogens with one attached hydrogen (secondary N) is 1. The van der Waals surface area contributed by atoms with E-state index in [-0.39, 0.29) is 16.3 Å². The fourth-order valence-corrected chi connectivity index (χ4v) is 2.52. The van der Waals surface area contributed by atoms with E-state index < -0.39 is 17.7 Å². The van der Waals surface area contributed by atoms with Crippen LogP contribution >= 0.6 is 11.6 Å². The van der Waals surface area contributed by atoms with E-state index in [0.717, 1.165) is 0 Å². The summed E-state index contributed by atoms with van der Waals surface area (Å²) in [5, 5.41) is 11.6. The molecular formula is C19H13ClFNO4. The van der Waals surface area contributed by atoms with Gasteiger partial charge in [0.25, 0.3) is 5.91 Å². The first kappa shape index (κ1) is 17.7. The molecule has 2 N–H and O–H groups in total. The minimum atomic E-state index is -1.09. The Bertz CT molecular complexity index is 1010. The van der Waals surface area contributed by atoms with Crippen LogP contribution in [0.1, 0.15) is 26.5 Å². The lowest BCUT2D eigenvalue weighted by Gasteiger charge is -2.08. The van der Waals surface area contributed by atoms with Gasteiger partial charge in [0, 0.05) is 11.3 Å². The monoisotopic (exact) mass is 373 g/mol. The Labute approximate surface area is 153 Å². The van der Waals surface area contributed by atoms with E-state index in [2.05, 4.69) is 5.32 Å². The zero-order chi connectivity index (χ0) is 18.8. The highest BCUT2D eigenvalue weighted by Gasteiger charge is 2.15. The molecule has 0 unspecified atom stereocenters. The van der Waals surface area contributed by atoms with Crippen LogP contribution < -0.4 is 5.32 Å². The number of furan rings is 1. The maximum absolute atomic E-state index is 13.2. The van der Waals surface area contributed by atoms with Gasteiger partial charge in [-0.1, -0.05) is 17.7 Å². The number of carboxylic acid groups (broad SMARTS) is 1. The SMILES string of the molecule is Cc1ccc(C(=O)O)cc1NC(=O)c1ccc(-c2ccc(F)c(Cl)c2)o1. The Morgan fingerprint density at radius 2 is 1.88 bits per heavy atom. The molecule has 1 amide bonds. The molecule has 0 saturated heterocycles. The molecule has 0 radical (unpaired) electrons. The fraction of sp³-hybridized carbons (Fsp3) is 0.0526. The first-order valence-corrected chi connectivity index (χ1v) is 7.93. The smallest absolute Gasteiger partial charge is 0.335 e. The van der Waals surface area contributed by atoms with Crippen molar-refractivity contribution in [3.63, 3.8) is 0 Å². The topological polar surface area (TPSA) is 79.5 Å². The molecule has 3 aromatic rings. The van der Waals surface area contributed by atoms with Gasteiger partial charge < -0.3 is 14.8 Å². The molecule has 0 spiro atoms. The van der Waals surface area contributed by atoms with Crippen LogP contribution in [0, 0.1) is 12.7 Å². The van der Waals surface area contributed by atoms with E-state index in [4.69, 9.17) is 21.1 Å². The minimum absolute atomic E-state index is 0.0283. The van der Waals surface area contributed by atoms with Gasteiger partial charge in [0.1, 0.15) is 11.6 Å². The van der Waals surface area contributed by atoms with Gasteiger partial charge in [-0.15, -0.1) is 0 Å². The lowest BCUT2D eigenvalue weighted by atomic mass is 10.1. The maximum Gasteiger partial charge on any atom is 0.335 e. The predicted molar refractivity (Wildman–Crippen MR) is 95.2 cm³/mol. The summed E-state index contributed by atoms with van der Waals surface area (Å²) >= 11 is 5.75. The summed E-state index contributed by atoms with van der Waals surface area (Å²) in [6.07, 6.45) is 0. The Morgan fingerprint density at radius 3 is 2.58 bits per heavy atom. The zero-order valence-electron chi connectivity index (χ0n) is 13.5. The van der Waals surface area contributed by atoms with Gasteiger partial charge in [0.15, 0.2) is 5.76 Å². The number of carbonyl (C=O) groups excluding carboxylic acids is 1. The largest absolute Gasteiger partial charge is 0.478 e. The number of halogens is 2. The van der Waals surface area contributed by atoms with Crippen LogP contribution in [0.25, 0.3) is 11.3 Å². The highest BCUT2D eigenvalue weighted by molar-refractivity contribution is 6.31. The van der Waals surface area contributed by atoms with Crippen LogP contribution in [0.2, 0.25) is 5.02 Å². The predicted octanol–water partition coefficient (Wildman–Crippen LogP) is 5.00. The normalized spacial score (nSPS) is 10.6. The molecule has 0 aliphatic rings. The van der Waals surface area contributed by atoms with Crippen molar-refractivity contribution >= 4 is 29.2 Å². The summed E-state index contributed by atoms with van der Waals surface area (Å²) < 4.78 is 18.8. The van der Waals surface area contributed by atoms with Crippen LogP contribution in [-0.2, 0) is 0 Å². The molecule has 2 aromatic carbocycles. The Morgan fingerprint density at radius 1 is 1.12 bits per heavy atom. The number of aryl methyl sites for hydroxylation is 1. The summed E-state index contributed by atoms with van der Waals surface area (Å²) in [4.78, 5) is 23.4. The van der Waals surface area contributed by atoms with Gasteiger partial charge in [0.2, 0.25) is 0 Å². The number of carbonyl (C=O) groups is 2. The maximum atomic E-state index is 13.2. The molecule has 1 aromatic heterocycles. The van der Waals surface area contributed by atoms with E-state index in [1.54, 1.807) is 19.1 Å². The molecule has 26 heavy (non-hydrogen) atoms. The first-order chi connectivity index (χ1) is 12.3. The Kier molecular flexibility index (Phi) is 4.77. The van der Waals surface area contributed by atoms with Gasteiger partial charge in [-0.2, -0.15) is 0 Å². The third-order valence-corrected chi connectivity index (χ3v) is 4.06. The number of aromatic carboxylic acids is 1. The second-order valence-corrected chi connectivity index (χ2v) is 5.99. The molecule has 0 aliphatic heterocycles. The molecule has 5 nitrogen and oxygen atoms in total. The molecule has 1 heterocycles. The molecule has 3 rings (SSSR count). The molecule has 0 aliphatic carbocycles. The number of carboxylic acids is 1. The van der Waals surface area contributed by atoms with Gasteiger partial charge in [-0.3, -0.25) is 4.79 Å². The van der Waals surface area contributed by atoms with Crippen molar-refractivity contribution in [3.8, 4) is 11.3 Å². The number of amides is 1. The van der Waals surface area contributed by atoms with Crippen molar-refractivity contribution < 1.29 is 23.5 Å². The third-order valence-electron chi connectivity index (χ3n) is 3.77. The molecular weight excluding hydrogens is 361 g/mol. The lowest BCUT2D eigenvalue weighted by molar-refractivity contribution is 0.0696. The standard InChI is InChI=1S/C19H13ClFNO4/c1-10-2-3-12(19(24)25)9-15(10)22-18(23)17-7-6-16(26-17)11-4-5-14(21)13(20)8-11/h2-9H,1H3,(H,22,23)(H,24,25). The third kappa shape index (κ3) is 3.60. The van der Waals surface area contributed by atoms with Crippen molar-refractivity contribution in [2.24, 2.45) is 0 Å². The van der Waals surface area contributed by atoms with Crippen LogP contribution in [0.4, 0.5) is 10.1 Å². The summed E-state index contributed by atoms with van der Waals surface area (Å²) in [6, 6.07) is 11.6. The van der Waals surface area contributed by atoms with E-state index in [9.17, 15) is 14.0 Å². The summed E-state index contributed by atoms with van der Waals surface area (Å²) in [5.41, 5.74) is 1.67. The summed E-state index contributed by atoms with van der Waals surface area (Å²) in [6.45, 7) is 1.75. The highest BCUT2D eigenvalue weighted by Crippen LogP contribution is 2.27. The number of benzene rings is 2.